The summed E-state index contributed by atoms with van der Waals surface area (Å²) in [6.45, 7) is 1.74. The Hall–Kier alpha value is -1.18. The number of carbonyl (C=O) groups excluding carboxylic acids is 1. The zero-order valence-corrected chi connectivity index (χ0v) is 9.63. The molecule has 1 aromatic rings. The molecular formula is C14H17FO. The SMILES string of the molecule is Cc1ccc(C2CCCCCC2=O)cc1F. The normalized spacial score (nSPS) is 21.9. The maximum atomic E-state index is 13.5. The molecule has 2 rings (SSSR count). The highest BCUT2D eigenvalue weighted by atomic mass is 19.1. The Bertz CT molecular complexity index is 398. The van der Waals surface area contributed by atoms with Crippen LogP contribution in [0.1, 0.15) is 49.1 Å². The number of Topliss-reactive ketones (excluding diaryl/α,β-unsaturated/α-hetero) is 1. The van der Waals surface area contributed by atoms with Crippen LogP contribution < -0.4 is 0 Å². The van der Waals surface area contributed by atoms with Crippen LogP contribution in [0.5, 0.6) is 0 Å². The Kier molecular flexibility index (Phi) is 3.37. The van der Waals surface area contributed by atoms with Crippen LogP contribution in [-0.2, 0) is 4.79 Å². The van der Waals surface area contributed by atoms with E-state index < -0.39 is 0 Å². The number of hydrogen-bond donors (Lipinski definition) is 0. The van der Waals surface area contributed by atoms with Crippen molar-refractivity contribution >= 4 is 5.78 Å². The lowest BCUT2D eigenvalue weighted by molar-refractivity contribution is -0.120. The van der Waals surface area contributed by atoms with Gasteiger partial charge in [0.2, 0.25) is 0 Å². The van der Waals surface area contributed by atoms with E-state index in [-0.39, 0.29) is 17.5 Å². The lowest BCUT2D eigenvalue weighted by Gasteiger charge is -2.13. The second kappa shape index (κ2) is 4.77. The third-order valence-electron chi connectivity index (χ3n) is 3.40. The molecule has 0 saturated heterocycles. The van der Waals surface area contributed by atoms with Crippen LogP contribution >= 0.6 is 0 Å². The fraction of sp³-hybridized carbons (Fsp3) is 0.500. The zero-order chi connectivity index (χ0) is 11.5. The molecule has 86 valence electrons. The van der Waals surface area contributed by atoms with E-state index in [2.05, 4.69) is 0 Å². The van der Waals surface area contributed by atoms with Crippen molar-refractivity contribution in [3.05, 3.63) is 35.1 Å². The first kappa shape index (κ1) is 11.3. The van der Waals surface area contributed by atoms with Gasteiger partial charge >= 0.3 is 0 Å². The molecule has 1 unspecified atom stereocenters. The summed E-state index contributed by atoms with van der Waals surface area (Å²) in [5.41, 5.74) is 1.50. The number of halogens is 1. The number of hydrogen-bond acceptors (Lipinski definition) is 1. The van der Waals surface area contributed by atoms with Crippen molar-refractivity contribution in [2.24, 2.45) is 0 Å². The van der Waals surface area contributed by atoms with E-state index in [0.717, 1.165) is 31.2 Å². The molecule has 0 heterocycles. The molecule has 1 aliphatic rings. The Morgan fingerprint density at radius 2 is 2.06 bits per heavy atom. The topological polar surface area (TPSA) is 17.1 Å². The molecule has 1 saturated carbocycles. The molecule has 1 nitrogen and oxygen atoms in total. The van der Waals surface area contributed by atoms with Crippen molar-refractivity contribution in [1.82, 2.24) is 0 Å². The summed E-state index contributed by atoms with van der Waals surface area (Å²) in [6, 6.07) is 5.19. The van der Waals surface area contributed by atoms with Crippen molar-refractivity contribution in [2.75, 3.05) is 0 Å². The fourth-order valence-electron chi connectivity index (χ4n) is 2.34. The average Bonchev–Trinajstić information content (AvgIpc) is 2.47. The smallest absolute Gasteiger partial charge is 0.140 e. The van der Waals surface area contributed by atoms with Crippen molar-refractivity contribution < 1.29 is 9.18 Å². The zero-order valence-electron chi connectivity index (χ0n) is 9.63. The summed E-state index contributed by atoms with van der Waals surface area (Å²) in [5.74, 6) is 0.00731. The maximum absolute atomic E-state index is 13.5. The molecule has 1 atom stereocenters. The number of benzene rings is 1. The van der Waals surface area contributed by atoms with E-state index in [1.165, 1.54) is 6.07 Å². The van der Waals surface area contributed by atoms with Gasteiger partial charge in [-0.1, -0.05) is 25.0 Å². The van der Waals surface area contributed by atoms with E-state index in [9.17, 15) is 9.18 Å². The molecule has 0 bridgehead atoms. The molecule has 1 fully saturated rings. The van der Waals surface area contributed by atoms with E-state index in [4.69, 9.17) is 0 Å². The lowest BCUT2D eigenvalue weighted by Crippen LogP contribution is -2.10. The van der Waals surface area contributed by atoms with E-state index >= 15 is 0 Å². The summed E-state index contributed by atoms with van der Waals surface area (Å²) < 4.78 is 13.5. The number of rotatable bonds is 1. The van der Waals surface area contributed by atoms with E-state index in [1.807, 2.05) is 6.07 Å². The summed E-state index contributed by atoms with van der Waals surface area (Å²) >= 11 is 0. The van der Waals surface area contributed by atoms with Crippen LogP contribution in [0.15, 0.2) is 18.2 Å². The highest BCUT2D eigenvalue weighted by Crippen LogP contribution is 2.29. The monoisotopic (exact) mass is 220 g/mol. The molecule has 0 N–H and O–H groups in total. The molecule has 2 heteroatoms. The third kappa shape index (κ3) is 2.31. The van der Waals surface area contributed by atoms with Gasteiger partial charge in [0.25, 0.3) is 0 Å². The van der Waals surface area contributed by atoms with Crippen molar-refractivity contribution in [3.63, 3.8) is 0 Å². The lowest BCUT2D eigenvalue weighted by atomic mass is 9.90. The Morgan fingerprint density at radius 3 is 2.81 bits per heavy atom. The largest absolute Gasteiger partial charge is 0.299 e. The second-order valence-corrected chi connectivity index (χ2v) is 4.63. The Morgan fingerprint density at radius 1 is 1.25 bits per heavy atom. The predicted molar refractivity (Wildman–Crippen MR) is 62.0 cm³/mol. The maximum Gasteiger partial charge on any atom is 0.140 e. The molecular weight excluding hydrogens is 203 g/mol. The van der Waals surface area contributed by atoms with Crippen LogP contribution in [0, 0.1) is 12.7 Å². The van der Waals surface area contributed by atoms with Gasteiger partial charge in [0.15, 0.2) is 0 Å². The number of aryl methyl sites for hydroxylation is 1. The number of carbonyl (C=O) groups is 1. The molecule has 0 amide bonds. The van der Waals surface area contributed by atoms with Gasteiger partial charge in [0.1, 0.15) is 11.6 Å². The summed E-state index contributed by atoms with van der Waals surface area (Å²) in [4.78, 5) is 11.9. The molecule has 1 aliphatic carbocycles. The minimum atomic E-state index is -0.199. The van der Waals surface area contributed by atoms with Gasteiger partial charge in [-0.15, -0.1) is 0 Å². The van der Waals surface area contributed by atoms with Crippen LogP contribution in [0.25, 0.3) is 0 Å². The van der Waals surface area contributed by atoms with Gasteiger partial charge in [-0.25, -0.2) is 4.39 Å². The molecule has 0 aliphatic heterocycles. The number of ketones is 1. The first-order valence-corrected chi connectivity index (χ1v) is 5.97. The van der Waals surface area contributed by atoms with Gasteiger partial charge in [-0.05, 0) is 37.0 Å². The van der Waals surface area contributed by atoms with Crippen molar-refractivity contribution in [2.45, 2.75) is 44.9 Å². The van der Waals surface area contributed by atoms with Crippen LogP contribution in [0.3, 0.4) is 0 Å². The van der Waals surface area contributed by atoms with Crippen LogP contribution in [0.2, 0.25) is 0 Å². The van der Waals surface area contributed by atoms with Crippen molar-refractivity contribution in [1.29, 1.82) is 0 Å². The van der Waals surface area contributed by atoms with Crippen molar-refractivity contribution in [3.8, 4) is 0 Å². The highest BCUT2D eigenvalue weighted by Gasteiger charge is 2.22. The summed E-state index contributed by atoms with van der Waals surface area (Å²) in [6.07, 6.45) is 4.72. The van der Waals surface area contributed by atoms with E-state index in [0.29, 0.717) is 12.0 Å². The third-order valence-corrected chi connectivity index (χ3v) is 3.40. The predicted octanol–water partition coefficient (Wildman–Crippen LogP) is 3.75. The standard InChI is InChI=1S/C14H17FO/c1-10-7-8-11(9-13(10)15)12-5-3-2-4-6-14(12)16/h7-9,12H,2-6H2,1H3. The minimum Gasteiger partial charge on any atom is -0.299 e. The molecule has 1 aromatic carbocycles. The molecule has 0 aromatic heterocycles. The Balaban J connectivity index is 2.27. The van der Waals surface area contributed by atoms with E-state index in [1.54, 1.807) is 13.0 Å². The summed E-state index contributed by atoms with van der Waals surface area (Å²) in [5, 5.41) is 0. The molecule has 0 radical (unpaired) electrons. The van der Waals surface area contributed by atoms with Crippen LogP contribution in [-0.4, -0.2) is 5.78 Å². The fourth-order valence-corrected chi connectivity index (χ4v) is 2.34. The average molecular weight is 220 g/mol. The second-order valence-electron chi connectivity index (χ2n) is 4.63. The van der Waals surface area contributed by atoms with Gasteiger partial charge in [-0.2, -0.15) is 0 Å². The van der Waals surface area contributed by atoms with Gasteiger partial charge in [0, 0.05) is 12.3 Å². The molecule has 16 heavy (non-hydrogen) atoms. The minimum absolute atomic E-state index is 0.0717. The first-order valence-electron chi connectivity index (χ1n) is 5.97. The van der Waals surface area contributed by atoms with Crippen LogP contribution in [0.4, 0.5) is 4.39 Å². The highest BCUT2D eigenvalue weighted by molar-refractivity contribution is 5.85. The summed E-state index contributed by atoms with van der Waals surface area (Å²) in [7, 11) is 0. The molecule has 0 spiro atoms. The quantitative estimate of drug-likeness (QED) is 0.659. The first-order chi connectivity index (χ1) is 7.68. The van der Waals surface area contributed by atoms with Gasteiger partial charge in [-0.3, -0.25) is 4.79 Å². The van der Waals surface area contributed by atoms with Gasteiger partial charge in [0.05, 0.1) is 0 Å². The van der Waals surface area contributed by atoms with Gasteiger partial charge < -0.3 is 0 Å². The Labute approximate surface area is 95.7 Å².